The van der Waals surface area contributed by atoms with E-state index in [9.17, 15) is 4.79 Å². The Morgan fingerprint density at radius 3 is 2.78 bits per heavy atom. The van der Waals surface area contributed by atoms with Gasteiger partial charge in [0, 0.05) is 11.6 Å². The number of fused-ring (bicyclic) bond motifs is 1. The third kappa shape index (κ3) is 1.67. The van der Waals surface area contributed by atoms with E-state index in [4.69, 9.17) is 14.2 Å². The molecule has 0 unspecified atom stereocenters. The number of methoxy groups -OCH3 is 1. The normalized spacial score (nSPS) is 12.5. The van der Waals surface area contributed by atoms with Crippen molar-refractivity contribution in [1.29, 1.82) is 0 Å². The summed E-state index contributed by atoms with van der Waals surface area (Å²) in [5.74, 6) is 1.83. The summed E-state index contributed by atoms with van der Waals surface area (Å²) >= 11 is 0. The third-order valence-corrected chi connectivity index (χ3v) is 2.64. The average molecular weight is 246 g/mol. The Hall–Kier alpha value is -2.50. The van der Waals surface area contributed by atoms with Gasteiger partial charge in [-0.15, -0.1) is 0 Å². The Bertz CT molecular complexity index is 651. The summed E-state index contributed by atoms with van der Waals surface area (Å²) in [7, 11) is 1.55. The van der Waals surface area contributed by atoms with Crippen LogP contribution in [0.1, 0.15) is 0 Å². The molecule has 92 valence electrons. The lowest BCUT2D eigenvalue weighted by atomic mass is 10.1. The highest BCUT2D eigenvalue weighted by molar-refractivity contribution is 5.71. The molecule has 18 heavy (non-hydrogen) atoms. The van der Waals surface area contributed by atoms with Gasteiger partial charge >= 0.3 is 0 Å². The molecule has 0 amide bonds. The van der Waals surface area contributed by atoms with E-state index in [0.29, 0.717) is 28.5 Å². The Morgan fingerprint density at radius 1 is 1.28 bits per heavy atom. The molecule has 1 N–H and O–H groups in total. The summed E-state index contributed by atoms with van der Waals surface area (Å²) in [5.41, 5.74) is 0.997. The fraction of sp³-hybridized carbons (Fsp3) is 0.167. The number of hydrogen-bond acceptors (Lipinski definition) is 5. The second-order valence-electron chi connectivity index (χ2n) is 3.72. The van der Waals surface area contributed by atoms with E-state index in [-0.39, 0.29) is 12.4 Å². The molecule has 1 aromatic carbocycles. The molecule has 0 saturated heterocycles. The number of nitrogens with zero attached hydrogens (tertiary/aromatic N) is 1. The van der Waals surface area contributed by atoms with E-state index in [2.05, 4.69) is 9.97 Å². The van der Waals surface area contributed by atoms with Gasteiger partial charge in [0.1, 0.15) is 5.75 Å². The van der Waals surface area contributed by atoms with Crippen LogP contribution in [0.5, 0.6) is 17.2 Å². The van der Waals surface area contributed by atoms with Crippen molar-refractivity contribution in [2.45, 2.75) is 0 Å². The predicted molar refractivity (Wildman–Crippen MR) is 63.0 cm³/mol. The van der Waals surface area contributed by atoms with Crippen LogP contribution in [0.4, 0.5) is 0 Å². The van der Waals surface area contributed by atoms with Crippen LogP contribution in [0.25, 0.3) is 11.3 Å². The van der Waals surface area contributed by atoms with E-state index in [0.717, 1.165) is 0 Å². The van der Waals surface area contributed by atoms with Crippen LogP contribution in [-0.4, -0.2) is 23.9 Å². The lowest BCUT2D eigenvalue weighted by Gasteiger charge is -2.09. The van der Waals surface area contributed by atoms with Crippen LogP contribution in [0.2, 0.25) is 0 Å². The molecule has 0 spiro atoms. The van der Waals surface area contributed by atoms with Gasteiger partial charge in [0.25, 0.3) is 5.56 Å². The van der Waals surface area contributed by atoms with Crippen molar-refractivity contribution >= 4 is 0 Å². The molecular weight excluding hydrogens is 236 g/mol. The van der Waals surface area contributed by atoms with Gasteiger partial charge in [0.05, 0.1) is 25.2 Å². The summed E-state index contributed by atoms with van der Waals surface area (Å²) < 4.78 is 15.8. The monoisotopic (exact) mass is 246 g/mol. The number of aromatic amines is 1. The fourth-order valence-corrected chi connectivity index (χ4v) is 1.82. The van der Waals surface area contributed by atoms with Crippen LogP contribution in [-0.2, 0) is 0 Å². The van der Waals surface area contributed by atoms with Gasteiger partial charge in [-0.3, -0.25) is 9.78 Å². The maximum atomic E-state index is 11.3. The van der Waals surface area contributed by atoms with Gasteiger partial charge in [-0.25, -0.2) is 0 Å². The zero-order valence-corrected chi connectivity index (χ0v) is 9.60. The van der Waals surface area contributed by atoms with Crippen molar-refractivity contribution in [1.82, 2.24) is 9.97 Å². The van der Waals surface area contributed by atoms with E-state index in [1.165, 1.54) is 6.20 Å². The van der Waals surface area contributed by atoms with Crippen molar-refractivity contribution in [3.05, 3.63) is 34.9 Å². The van der Waals surface area contributed by atoms with Crippen LogP contribution >= 0.6 is 0 Å². The van der Waals surface area contributed by atoms with E-state index >= 15 is 0 Å². The van der Waals surface area contributed by atoms with Crippen molar-refractivity contribution in [3.63, 3.8) is 0 Å². The Morgan fingerprint density at radius 2 is 2.06 bits per heavy atom. The van der Waals surface area contributed by atoms with E-state index in [1.54, 1.807) is 25.4 Å². The Kier molecular flexibility index (Phi) is 2.40. The Labute approximate surface area is 102 Å². The molecule has 1 aromatic heterocycles. The zero-order chi connectivity index (χ0) is 12.5. The molecule has 0 atom stereocenters. The van der Waals surface area contributed by atoms with Crippen molar-refractivity contribution in [3.8, 4) is 28.5 Å². The third-order valence-electron chi connectivity index (χ3n) is 2.64. The van der Waals surface area contributed by atoms with Gasteiger partial charge in [0.15, 0.2) is 11.5 Å². The molecule has 0 aliphatic carbocycles. The number of hydrogen-bond donors (Lipinski definition) is 1. The molecular formula is C12H10N2O4. The highest BCUT2D eigenvalue weighted by Crippen LogP contribution is 2.41. The summed E-state index contributed by atoms with van der Waals surface area (Å²) in [6.07, 6.45) is 2.77. The fourth-order valence-electron chi connectivity index (χ4n) is 1.82. The maximum absolute atomic E-state index is 11.3. The molecule has 0 fully saturated rings. The van der Waals surface area contributed by atoms with Crippen LogP contribution in [0, 0.1) is 0 Å². The minimum Gasteiger partial charge on any atom is -0.496 e. The van der Waals surface area contributed by atoms with E-state index < -0.39 is 0 Å². The average Bonchev–Trinajstić information content (AvgIpc) is 2.84. The molecule has 6 heteroatoms. The molecule has 2 heterocycles. The number of nitrogens with one attached hydrogen (secondary N) is 1. The first-order chi connectivity index (χ1) is 8.78. The lowest BCUT2D eigenvalue weighted by Crippen LogP contribution is -2.06. The molecule has 2 aromatic rings. The smallest absolute Gasteiger partial charge is 0.266 e. The van der Waals surface area contributed by atoms with Gasteiger partial charge in [0.2, 0.25) is 6.79 Å². The number of H-pyrrole nitrogens is 1. The summed E-state index contributed by atoms with van der Waals surface area (Å²) in [6.45, 7) is 0.186. The first-order valence-corrected chi connectivity index (χ1v) is 5.30. The summed E-state index contributed by atoms with van der Waals surface area (Å²) in [5, 5.41) is 0. The topological polar surface area (TPSA) is 73.4 Å². The first-order valence-electron chi connectivity index (χ1n) is 5.30. The Balaban J connectivity index is 2.19. The second-order valence-corrected chi connectivity index (χ2v) is 3.72. The number of aromatic nitrogens is 2. The van der Waals surface area contributed by atoms with Crippen LogP contribution in [0.15, 0.2) is 29.3 Å². The van der Waals surface area contributed by atoms with Gasteiger partial charge in [-0.05, 0) is 6.07 Å². The van der Waals surface area contributed by atoms with Crippen molar-refractivity contribution < 1.29 is 14.2 Å². The quantitative estimate of drug-likeness (QED) is 0.861. The number of benzene rings is 1. The minimum absolute atomic E-state index is 0.186. The molecule has 6 nitrogen and oxygen atoms in total. The van der Waals surface area contributed by atoms with Gasteiger partial charge in [-0.2, -0.15) is 0 Å². The number of ether oxygens (including phenoxy) is 3. The highest BCUT2D eigenvalue weighted by atomic mass is 16.7. The largest absolute Gasteiger partial charge is 0.496 e. The molecule has 1 aliphatic rings. The van der Waals surface area contributed by atoms with Crippen molar-refractivity contribution in [2.24, 2.45) is 0 Å². The molecule has 3 rings (SSSR count). The second kappa shape index (κ2) is 4.06. The minimum atomic E-state index is -0.271. The maximum Gasteiger partial charge on any atom is 0.266 e. The molecule has 0 radical (unpaired) electrons. The molecule has 0 bridgehead atoms. The summed E-state index contributed by atoms with van der Waals surface area (Å²) in [4.78, 5) is 17.8. The zero-order valence-electron chi connectivity index (χ0n) is 9.60. The lowest BCUT2D eigenvalue weighted by molar-refractivity contribution is 0.174. The predicted octanol–water partition coefficient (Wildman–Crippen LogP) is 1.17. The van der Waals surface area contributed by atoms with Crippen molar-refractivity contribution in [2.75, 3.05) is 13.9 Å². The van der Waals surface area contributed by atoms with Gasteiger partial charge in [-0.1, -0.05) is 0 Å². The first kappa shape index (κ1) is 10.6. The van der Waals surface area contributed by atoms with E-state index in [1.807, 2.05) is 0 Å². The standard InChI is InChI=1S/C12H10N2O4/c1-16-9-3-11-10(17-6-18-11)2-7(9)8-4-13-5-12(15)14-8/h2-5H,6H2,1H3,(H,14,15). The highest BCUT2D eigenvalue weighted by Gasteiger charge is 2.19. The van der Waals surface area contributed by atoms with Crippen LogP contribution < -0.4 is 19.8 Å². The van der Waals surface area contributed by atoms with Gasteiger partial charge < -0.3 is 19.2 Å². The SMILES string of the molecule is COc1cc2c(cc1-c1cncc(=O)[nH]1)OCO2. The summed E-state index contributed by atoms with van der Waals surface area (Å²) in [6, 6.07) is 3.48. The number of rotatable bonds is 2. The van der Waals surface area contributed by atoms with Crippen LogP contribution in [0.3, 0.4) is 0 Å². The molecule has 0 saturated carbocycles. The molecule has 1 aliphatic heterocycles.